The molecule has 10 bridgehead atoms. The average molecular weight is 1490 g/mol. The summed E-state index contributed by atoms with van der Waals surface area (Å²) in [5.41, 5.74) is -2.49. The Balaban J connectivity index is 0. The van der Waals surface area contributed by atoms with Gasteiger partial charge in [0.2, 0.25) is 0 Å². The Morgan fingerprint density at radius 3 is 1.34 bits per heavy atom. The zero-order valence-electron chi connectivity index (χ0n) is 64.5. The lowest BCUT2D eigenvalue weighted by Gasteiger charge is -2.43. The summed E-state index contributed by atoms with van der Waals surface area (Å²) < 4.78 is 35.8. The Hall–Kier alpha value is -2.69. The summed E-state index contributed by atoms with van der Waals surface area (Å²) >= 11 is 0. The maximum Gasteiger partial charge on any atom is 0.313 e. The number of carbonyl (C=O) groups excluding carboxylic acids is 5. The summed E-state index contributed by atoms with van der Waals surface area (Å²) in [4.78, 5) is 61.5. The highest BCUT2D eigenvalue weighted by Gasteiger charge is 2.64. The van der Waals surface area contributed by atoms with Gasteiger partial charge in [0.05, 0.1) is 33.2 Å². The molecule has 0 aromatic carbocycles. The minimum atomic E-state index is -0.415. The van der Waals surface area contributed by atoms with Crippen LogP contribution in [0.25, 0.3) is 0 Å². The maximum atomic E-state index is 12.5. The summed E-state index contributed by atoms with van der Waals surface area (Å²) in [6, 6.07) is 0. The minimum Gasteiger partial charge on any atom is -0.459 e. The van der Waals surface area contributed by atoms with Gasteiger partial charge in [-0.3, -0.25) is 24.0 Å². The molecular formula is C94H182O11. The van der Waals surface area contributed by atoms with E-state index in [1.807, 2.05) is 96.9 Å². The van der Waals surface area contributed by atoms with Crippen molar-refractivity contribution < 1.29 is 52.4 Å². The van der Waals surface area contributed by atoms with Gasteiger partial charge in [-0.15, -0.1) is 0 Å². The van der Waals surface area contributed by atoms with E-state index in [9.17, 15) is 24.0 Å². The lowest BCUT2D eigenvalue weighted by atomic mass is 9.70. The van der Waals surface area contributed by atoms with Crippen LogP contribution in [-0.4, -0.2) is 64.6 Å². The SMILES string of the molecule is C.C.C.C.C.C.C.C.C.C.CCC(C)(C)C(=O)OC(C)(C)C1CC2CCC1C2.CCC(C)(C)C(=O)OC(C)OC1CC2CC1C1C3CCC(C3)C21.CCC(C)(C)C(=O)OC1(C2CCCC2)CCCCC1.CCC(C)(C)C(=O)O[C@]1(C)C[C@@H]2C[C@H]1C1CCCC12.CCC(C)(C)C(=O)O[C@]1(C)C[C@H]2CC[C@@H]1C2. The van der Waals surface area contributed by atoms with Gasteiger partial charge in [0, 0.05) is 11.8 Å². The zero-order chi connectivity index (χ0) is 69.6. The van der Waals surface area contributed by atoms with Crippen LogP contribution >= 0.6 is 0 Å². The van der Waals surface area contributed by atoms with Crippen LogP contribution in [-0.2, 0) is 52.4 Å². The number of hydrogen-bond acceptors (Lipinski definition) is 11. The van der Waals surface area contributed by atoms with Crippen molar-refractivity contribution in [2.24, 2.45) is 122 Å². The third kappa shape index (κ3) is 22.6. The van der Waals surface area contributed by atoms with Gasteiger partial charge in [-0.1, -0.05) is 141 Å². The molecule has 0 aliphatic heterocycles. The monoisotopic (exact) mass is 1490 g/mol. The van der Waals surface area contributed by atoms with E-state index in [4.69, 9.17) is 28.4 Å². The lowest BCUT2D eigenvalue weighted by molar-refractivity contribution is -0.202. The summed E-state index contributed by atoms with van der Waals surface area (Å²) in [5.74, 6) is 13.0. The van der Waals surface area contributed by atoms with Gasteiger partial charge in [-0.05, 0) is 360 Å². The first kappa shape index (κ1) is 104. The molecule has 0 amide bonds. The van der Waals surface area contributed by atoms with Crippen molar-refractivity contribution in [1.82, 2.24) is 0 Å². The highest BCUT2D eigenvalue weighted by Crippen LogP contribution is 2.68. The van der Waals surface area contributed by atoms with Crippen LogP contribution in [0.4, 0.5) is 0 Å². The van der Waals surface area contributed by atoms with Crippen LogP contribution in [0.3, 0.4) is 0 Å². The first-order chi connectivity index (χ1) is 44.4. The van der Waals surface area contributed by atoms with E-state index < -0.39 is 11.7 Å². The van der Waals surface area contributed by atoms with Crippen LogP contribution in [0.15, 0.2) is 0 Å². The van der Waals surface area contributed by atoms with Crippen LogP contribution in [0.1, 0.15) is 418 Å². The molecule has 0 saturated heterocycles. The predicted molar refractivity (Wildman–Crippen MR) is 447 cm³/mol. The molecule has 11 heteroatoms. The topological polar surface area (TPSA) is 141 Å². The fourth-order valence-electron chi connectivity index (χ4n) is 21.9. The van der Waals surface area contributed by atoms with E-state index in [2.05, 4.69) is 41.5 Å². The molecule has 13 fully saturated rings. The van der Waals surface area contributed by atoms with Crippen molar-refractivity contribution >= 4 is 29.8 Å². The predicted octanol–water partition coefficient (Wildman–Crippen LogP) is 27.5. The van der Waals surface area contributed by atoms with Gasteiger partial charge < -0.3 is 28.4 Å². The van der Waals surface area contributed by atoms with Gasteiger partial charge in [0.1, 0.15) is 22.4 Å². The number of ether oxygens (including phenoxy) is 6. The fraction of sp³-hybridized carbons (Fsp3) is 0.947. The minimum absolute atomic E-state index is 0. The highest BCUT2D eigenvalue weighted by atomic mass is 16.7. The molecule has 105 heavy (non-hydrogen) atoms. The average Bonchev–Trinajstić information content (AvgIpc) is 1.56. The smallest absolute Gasteiger partial charge is 0.313 e. The molecule has 0 radical (unpaired) electrons. The molecule has 624 valence electrons. The van der Waals surface area contributed by atoms with Crippen molar-refractivity contribution in [2.75, 3.05) is 0 Å². The Morgan fingerprint density at radius 1 is 0.381 bits per heavy atom. The first-order valence-electron chi connectivity index (χ1n) is 40.2. The Labute approximate surface area is 653 Å². The van der Waals surface area contributed by atoms with Crippen molar-refractivity contribution in [1.29, 1.82) is 0 Å². The van der Waals surface area contributed by atoms with E-state index in [1.165, 1.54) is 148 Å². The summed E-state index contributed by atoms with van der Waals surface area (Å²) in [6.07, 6.45) is 39.2. The first-order valence-corrected chi connectivity index (χ1v) is 40.2. The second-order valence-corrected chi connectivity index (χ2v) is 38.5. The highest BCUT2D eigenvalue weighted by molar-refractivity contribution is 5.78. The van der Waals surface area contributed by atoms with E-state index >= 15 is 0 Å². The van der Waals surface area contributed by atoms with Crippen molar-refractivity contribution in [3.05, 3.63) is 0 Å². The standard InChI is InChI=1S/C20H32O3.C17H28O2.C17H30O2.C16H28O2.C14H24O2.10CH4/c1-5-20(3,4)19(21)23-11(2)22-16-10-14-9-15(16)18-13-7-6-12(8-13)17(14)18;1-5-16(2,3)15(18)19-17(4)10-11-9-14(17)13-8-6-7-12(11)13;1-4-16(2,3)15(18)19-17(12-8-5-9-13-17)14-10-6-7-11-14;1-6-15(2,3)14(17)18-16(4,5)13-10-11-7-8-12(13)9-11;1-5-13(2,3)12(15)16-14(4)9-10-6-7-11(14)8-10;;;;;;;;;;/h11-18H,5-10H2,1-4H3;11-14H,5-10H2,1-4H3;14H,4-13H2,1-3H3;11-13H,6-10H2,1-5H3;10-11H,5-9H2,1-4H3;10*1H4/t;11-,12?,13?,14-,17+;;;10-,11+,14+;;;;;;;;;;/m.0..0........../s1. The largest absolute Gasteiger partial charge is 0.459 e. The molecule has 13 aliphatic carbocycles. The van der Waals surface area contributed by atoms with Crippen molar-refractivity contribution in [3.8, 4) is 0 Å². The Kier molecular flexibility index (Phi) is 40.4. The Bertz CT molecular complexity index is 2620. The summed E-state index contributed by atoms with van der Waals surface area (Å²) in [7, 11) is 0. The molecule has 13 saturated carbocycles. The number of esters is 5. The normalized spacial score (nSPS) is 33.6. The zero-order valence-corrected chi connectivity index (χ0v) is 64.5. The quantitative estimate of drug-likeness (QED) is 0.0528. The van der Waals surface area contributed by atoms with Crippen molar-refractivity contribution in [2.45, 2.75) is 453 Å². The maximum absolute atomic E-state index is 12.5. The second-order valence-electron chi connectivity index (χ2n) is 38.5. The molecule has 0 aromatic rings. The van der Waals surface area contributed by atoms with E-state index in [0.717, 1.165) is 129 Å². The molecule has 19 atom stereocenters. The third-order valence-electron chi connectivity index (χ3n) is 30.1. The van der Waals surface area contributed by atoms with E-state index in [1.54, 1.807) is 0 Å². The second kappa shape index (κ2) is 40.7. The summed E-state index contributed by atoms with van der Waals surface area (Å²) in [5, 5.41) is 0. The van der Waals surface area contributed by atoms with Crippen LogP contribution in [0.2, 0.25) is 0 Å². The third-order valence-corrected chi connectivity index (χ3v) is 30.1. The van der Waals surface area contributed by atoms with Crippen LogP contribution in [0, 0.1) is 122 Å². The molecule has 0 aromatic heterocycles. The number of hydrogen-bond donors (Lipinski definition) is 0. The van der Waals surface area contributed by atoms with Crippen molar-refractivity contribution in [3.63, 3.8) is 0 Å². The number of carbonyl (C=O) groups is 5. The Morgan fingerprint density at radius 2 is 0.857 bits per heavy atom. The molecule has 0 heterocycles. The van der Waals surface area contributed by atoms with Gasteiger partial charge in [0.15, 0.2) is 6.29 Å². The van der Waals surface area contributed by atoms with E-state index in [-0.39, 0.29) is 148 Å². The molecule has 0 spiro atoms. The molecule has 13 aliphatic rings. The lowest BCUT2D eigenvalue weighted by Crippen LogP contribution is -2.46. The van der Waals surface area contributed by atoms with Crippen LogP contribution in [0.5, 0.6) is 0 Å². The van der Waals surface area contributed by atoms with Gasteiger partial charge in [-0.2, -0.15) is 0 Å². The summed E-state index contributed by atoms with van der Waals surface area (Å²) in [6.45, 7) is 40.6. The van der Waals surface area contributed by atoms with Gasteiger partial charge in [0.25, 0.3) is 0 Å². The molecule has 13 rings (SSSR count). The molecule has 0 N–H and O–H groups in total. The number of fused-ring (bicyclic) bond motifs is 18. The van der Waals surface area contributed by atoms with Gasteiger partial charge in [-0.25, -0.2) is 0 Å². The van der Waals surface area contributed by atoms with Crippen LogP contribution < -0.4 is 0 Å². The molecule has 13 unspecified atom stereocenters. The van der Waals surface area contributed by atoms with Gasteiger partial charge >= 0.3 is 29.8 Å². The molecular weight excluding hydrogens is 1310 g/mol. The fourth-order valence-corrected chi connectivity index (χ4v) is 21.9. The molecule has 11 nitrogen and oxygen atoms in total. The van der Waals surface area contributed by atoms with E-state index in [0.29, 0.717) is 29.8 Å². The number of rotatable bonds is 19.